The van der Waals surface area contributed by atoms with Gasteiger partial charge in [-0.25, -0.2) is 9.98 Å². The zero-order chi connectivity index (χ0) is 42.8. The normalized spacial score (nSPS) is 12.1. The van der Waals surface area contributed by atoms with Crippen molar-refractivity contribution >= 4 is 61.9 Å². The summed E-state index contributed by atoms with van der Waals surface area (Å²) in [5.41, 5.74) is 13.2. The standard InChI is InChI=1S/C60H41N3O/c1-61-60(63-59(62-39-40-25-26-42-15-5-6-17-48(42)37-40)47-33-31-46(32-34-47)52-23-12-18-45-16-7-8-21-51(45)52)58-53(35-36-56-57(58)54-22-9-10-24-55(54)64-56)50-20-11-19-49(38-50)44-29-27-43(28-30-44)41-13-3-2-4-14-41/h2-38H,1,39H2/b62-59-,63-60-. The van der Waals surface area contributed by atoms with Gasteiger partial charge in [-0.3, -0.25) is 4.99 Å². The van der Waals surface area contributed by atoms with Crippen molar-refractivity contribution in [1.29, 1.82) is 0 Å². The molecule has 0 spiro atoms. The molecule has 10 aromatic carbocycles. The largest absolute Gasteiger partial charge is 0.456 e. The SMILES string of the molecule is C=N/C(=N\C(=N/Cc1ccc2ccccc2c1)c1ccc(-c2cccc3ccccc23)cc1)c1c(-c2cccc(-c3ccc(-c4ccccc4)cc3)c2)ccc2oc3ccccc3c12. The Morgan fingerprint density at radius 3 is 1.84 bits per heavy atom. The molecule has 4 nitrogen and oxygen atoms in total. The van der Waals surface area contributed by atoms with Gasteiger partial charge in [-0.2, -0.15) is 0 Å². The van der Waals surface area contributed by atoms with Crippen LogP contribution in [0.1, 0.15) is 16.7 Å². The van der Waals surface area contributed by atoms with Crippen molar-refractivity contribution in [1.82, 2.24) is 0 Å². The molecular weight excluding hydrogens is 779 g/mol. The van der Waals surface area contributed by atoms with Gasteiger partial charge in [0.15, 0.2) is 11.7 Å². The minimum atomic E-state index is 0.427. The van der Waals surface area contributed by atoms with E-state index < -0.39 is 0 Å². The molecule has 0 saturated heterocycles. The summed E-state index contributed by atoms with van der Waals surface area (Å²) in [7, 11) is 0. The molecule has 0 saturated carbocycles. The summed E-state index contributed by atoms with van der Waals surface area (Å²) in [6, 6.07) is 78.6. The van der Waals surface area contributed by atoms with Crippen molar-refractivity contribution in [2.45, 2.75) is 6.54 Å². The van der Waals surface area contributed by atoms with E-state index in [2.05, 4.69) is 207 Å². The van der Waals surface area contributed by atoms with Crippen molar-refractivity contribution < 1.29 is 4.42 Å². The van der Waals surface area contributed by atoms with Crippen LogP contribution in [0.2, 0.25) is 0 Å². The van der Waals surface area contributed by atoms with Crippen LogP contribution in [-0.2, 0) is 6.54 Å². The summed E-state index contributed by atoms with van der Waals surface area (Å²) in [6.07, 6.45) is 0. The molecule has 4 heteroatoms. The smallest absolute Gasteiger partial charge is 0.162 e. The number of hydrogen-bond donors (Lipinski definition) is 0. The molecule has 1 aromatic heterocycles. The van der Waals surface area contributed by atoms with Gasteiger partial charge in [0, 0.05) is 21.9 Å². The highest BCUT2D eigenvalue weighted by Gasteiger charge is 2.21. The average molecular weight is 820 g/mol. The third kappa shape index (κ3) is 7.37. The van der Waals surface area contributed by atoms with E-state index in [1.807, 2.05) is 24.3 Å². The number of furan rings is 1. The van der Waals surface area contributed by atoms with E-state index in [-0.39, 0.29) is 0 Å². The Hall–Kier alpha value is -8.47. The lowest BCUT2D eigenvalue weighted by molar-refractivity contribution is 0.669. The van der Waals surface area contributed by atoms with Gasteiger partial charge in [0.2, 0.25) is 0 Å². The Morgan fingerprint density at radius 2 is 1.03 bits per heavy atom. The Bertz CT molecular complexity index is 3580. The molecule has 0 N–H and O–H groups in total. The minimum Gasteiger partial charge on any atom is -0.456 e. The Labute approximate surface area is 371 Å². The molecule has 64 heavy (non-hydrogen) atoms. The first-order valence-corrected chi connectivity index (χ1v) is 21.5. The fourth-order valence-corrected chi connectivity index (χ4v) is 8.88. The van der Waals surface area contributed by atoms with E-state index in [0.717, 1.165) is 66.4 Å². The number of nitrogens with zero attached hydrogens (tertiary/aromatic N) is 3. The molecular formula is C60H41N3O. The molecule has 0 bridgehead atoms. The van der Waals surface area contributed by atoms with Gasteiger partial charge in [-0.15, -0.1) is 0 Å². The number of fused-ring (bicyclic) bond motifs is 5. The molecule has 0 radical (unpaired) electrons. The molecule has 0 aliphatic rings. The number of amidine groups is 2. The van der Waals surface area contributed by atoms with Crippen LogP contribution in [0.3, 0.4) is 0 Å². The highest BCUT2D eigenvalue weighted by Crippen LogP contribution is 2.39. The summed E-state index contributed by atoms with van der Waals surface area (Å²) in [6.45, 7) is 4.58. The topological polar surface area (TPSA) is 50.2 Å². The van der Waals surface area contributed by atoms with Crippen molar-refractivity contribution in [3.8, 4) is 44.5 Å². The van der Waals surface area contributed by atoms with Crippen LogP contribution in [0.5, 0.6) is 0 Å². The number of rotatable bonds is 8. The second-order valence-corrected chi connectivity index (χ2v) is 16.0. The molecule has 0 aliphatic carbocycles. The highest BCUT2D eigenvalue weighted by atomic mass is 16.3. The highest BCUT2D eigenvalue weighted by molar-refractivity contribution is 6.25. The third-order valence-corrected chi connectivity index (χ3v) is 12.1. The van der Waals surface area contributed by atoms with E-state index in [1.54, 1.807) is 0 Å². The van der Waals surface area contributed by atoms with Gasteiger partial charge in [-0.1, -0.05) is 194 Å². The minimum absolute atomic E-state index is 0.427. The number of hydrogen-bond acceptors (Lipinski definition) is 2. The average Bonchev–Trinajstić information content (AvgIpc) is 3.75. The molecule has 302 valence electrons. The van der Waals surface area contributed by atoms with Gasteiger partial charge in [0.05, 0.1) is 6.54 Å². The first-order valence-electron chi connectivity index (χ1n) is 21.5. The third-order valence-electron chi connectivity index (χ3n) is 12.1. The van der Waals surface area contributed by atoms with Gasteiger partial charge in [-0.05, 0) is 109 Å². The molecule has 1 heterocycles. The van der Waals surface area contributed by atoms with Crippen molar-refractivity contribution in [3.63, 3.8) is 0 Å². The van der Waals surface area contributed by atoms with Gasteiger partial charge in [0.25, 0.3) is 0 Å². The molecule has 11 rings (SSSR count). The van der Waals surface area contributed by atoms with Crippen molar-refractivity contribution in [2.24, 2.45) is 15.0 Å². The number of benzene rings is 10. The summed E-state index contributed by atoms with van der Waals surface area (Å²) in [4.78, 5) is 15.4. The zero-order valence-electron chi connectivity index (χ0n) is 35.0. The molecule has 0 fully saturated rings. The Balaban J connectivity index is 1.06. The molecule has 11 aromatic rings. The molecule has 0 unspecified atom stereocenters. The van der Waals surface area contributed by atoms with Crippen molar-refractivity contribution in [2.75, 3.05) is 0 Å². The van der Waals surface area contributed by atoms with Crippen LogP contribution in [0.25, 0.3) is 88.0 Å². The second-order valence-electron chi connectivity index (χ2n) is 16.0. The van der Waals surface area contributed by atoms with Gasteiger partial charge < -0.3 is 4.42 Å². The maximum absolute atomic E-state index is 6.49. The summed E-state index contributed by atoms with van der Waals surface area (Å²) in [5.74, 6) is 1.02. The quantitative estimate of drug-likeness (QED) is 0.111. The fourth-order valence-electron chi connectivity index (χ4n) is 8.88. The maximum atomic E-state index is 6.49. The molecule has 0 aliphatic heterocycles. The van der Waals surface area contributed by atoms with Crippen LogP contribution < -0.4 is 0 Å². The van der Waals surface area contributed by atoms with E-state index in [9.17, 15) is 0 Å². The van der Waals surface area contributed by atoms with Gasteiger partial charge in [0.1, 0.15) is 11.2 Å². The number of aliphatic imine (C=N–C) groups is 3. The van der Waals surface area contributed by atoms with Crippen LogP contribution in [-0.4, -0.2) is 18.4 Å². The van der Waals surface area contributed by atoms with Crippen molar-refractivity contribution in [3.05, 3.63) is 241 Å². The first kappa shape index (κ1) is 38.5. The molecule has 0 amide bonds. The van der Waals surface area contributed by atoms with E-state index in [1.165, 1.54) is 38.2 Å². The predicted octanol–water partition coefficient (Wildman–Crippen LogP) is 15.7. The van der Waals surface area contributed by atoms with Crippen LogP contribution >= 0.6 is 0 Å². The lowest BCUT2D eigenvalue weighted by Crippen LogP contribution is -2.07. The maximum Gasteiger partial charge on any atom is 0.162 e. The van der Waals surface area contributed by atoms with Crippen LogP contribution in [0.15, 0.2) is 244 Å². The lowest BCUT2D eigenvalue weighted by atomic mass is 9.92. The predicted molar refractivity (Wildman–Crippen MR) is 270 cm³/mol. The van der Waals surface area contributed by atoms with Crippen LogP contribution in [0, 0.1) is 0 Å². The van der Waals surface area contributed by atoms with Gasteiger partial charge >= 0.3 is 0 Å². The number of para-hydroxylation sites is 1. The first-order chi connectivity index (χ1) is 31.7. The Kier molecular flexibility index (Phi) is 10.1. The second kappa shape index (κ2) is 16.8. The van der Waals surface area contributed by atoms with E-state index in [0.29, 0.717) is 18.2 Å². The Morgan fingerprint density at radius 1 is 0.406 bits per heavy atom. The zero-order valence-corrected chi connectivity index (χ0v) is 35.0. The monoisotopic (exact) mass is 819 g/mol. The fraction of sp³-hybridized carbons (Fsp3) is 0.0167. The van der Waals surface area contributed by atoms with Crippen LogP contribution in [0.4, 0.5) is 0 Å². The summed E-state index contributed by atoms with van der Waals surface area (Å²) >= 11 is 0. The van der Waals surface area contributed by atoms with E-state index in [4.69, 9.17) is 19.4 Å². The van der Waals surface area contributed by atoms with E-state index >= 15 is 0 Å². The summed E-state index contributed by atoms with van der Waals surface area (Å²) < 4.78 is 6.49. The summed E-state index contributed by atoms with van der Waals surface area (Å²) in [5, 5.41) is 6.68. The molecule has 0 atom stereocenters. The lowest BCUT2D eigenvalue weighted by Gasteiger charge is -2.14.